The molecule has 3 rings (SSSR count). The Morgan fingerprint density at radius 1 is 0.906 bits per heavy atom. The van der Waals surface area contributed by atoms with E-state index in [4.69, 9.17) is 14.2 Å². The van der Waals surface area contributed by atoms with Crippen LogP contribution in [-0.4, -0.2) is 32.6 Å². The lowest BCUT2D eigenvalue weighted by molar-refractivity contribution is -0.128. The fraction of sp³-hybridized carbons (Fsp3) is 0.130. The summed E-state index contributed by atoms with van der Waals surface area (Å²) in [5.74, 6) is 0.668. The summed E-state index contributed by atoms with van der Waals surface area (Å²) in [6.45, 7) is -0.264. The maximum absolute atomic E-state index is 12.0. The predicted octanol–water partition coefficient (Wildman–Crippen LogP) is 4.62. The fourth-order valence-electron chi connectivity index (χ4n) is 2.83. The Morgan fingerprint density at radius 3 is 2.41 bits per heavy atom. The number of rotatable bonds is 7. The van der Waals surface area contributed by atoms with E-state index in [0.717, 1.165) is 25.3 Å². The number of methoxy groups -OCH3 is 2. The monoisotopic (exact) mass is 562 g/mol. The highest BCUT2D eigenvalue weighted by atomic mass is 79.9. The number of carbonyl (C=O) groups is 2. The molecule has 0 bridgehead atoms. The summed E-state index contributed by atoms with van der Waals surface area (Å²) in [6, 6.07) is 14.8. The second kappa shape index (κ2) is 11.0. The topological polar surface area (TPSA) is 85.9 Å². The molecule has 0 aliphatic carbocycles. The molecule has 2 N–H and O–H groups in total. The molecule has 32 heavy (non-hydrogen) atoms. The molecule has 0 unspecified atom stereocenters. The lowest BCUT2D eigenvalue weighted by Gasteiger charge is -2.11. The number of hydrazine groups is 1. The van der Waals surface area contributed by atoms with Gasteiger partial charge in [0.15, 0.2) is 18.1 Å². The van der Waals surface area contributed by atoms with Crippen LogP contribution >= 0.6 is 31.9 Å². The van der Waals surface area contributed by atoms with Gasteiger partial charge in [0.2, 0.25) is 0 Å². The number of hydrogen-bond donors (Lipinski definition) is 2. The van der Waals surface area contributed by atoms with E-state index in [1.165, 1.54) is 13.2 Å². The van der Waals surface area contributed by atoms with Crippen LogP contribution in [0.3, 0.4) is 0 Å². The number of halogens is 2. The molecule has 3 aromatic rings. The summed E-state index contributed by atoms with van der Waals surface area (Å²) in [4.78, 5) is 24.0. The Kier molecular flexibility index (Phi) is 8.13. The largest absolute Gasteiger partial charge is 0.493 e. The van der Waals surface area contributed by atoms with Gasteiger partial charge >= 0.3 is 0 Å². The number of ether oxygens (including phenoxy) is 3. The average molecular weight is 564 g/mol. The molecule has 0 aliphatic rings. The molecular formula is C23H20Br2N2O5. The molecule has 3 aromatic carbocycles. The van der Waals surface area contributed by atoms with Crippen molar-refractivity contribution in [1.29, 1.82) is 0 Å². The second-order valence-corrected chi connectivity index (χ2v) is 8.23. The van der Waals surface area contributed by atoms with Crippen LogP contribution in [0.15, 0.2) is 63.6 Å². The lowest BCUT2D eigenvalue weighted by atomic mass is 10.1. The molecule has 2 amide bonds. The molecule has 0 heterocycles. The van der Waals surface area contributed by atoms with E-state index >= 15 is 0 Å². The summed E-state index contributed by atoms with van der Waals surface area (Å²) in [7, 11) is 3.08. The van der Waals surface area contributed by atoms with Gasteiger partial charge in [-0.25, -0.2) is 0 Å². The van der Waals surface area contributed by atoms with Crippen LogP contribution in [0.2, 0.25) is 0 Å². The molecular weight excluding hydrogens is 544 g/mol. The highest BCUT2D eigenvalue weighted by Crippen LogP contribution is 2.34. The number of fused-ring (bicyclic) bond motifs is 1. The van der Waals surface area contributed by atoms with Gasteiger partial charge in [-0.15, -0.1) is 0 Å². The van der Waals surface area contributed by atoms with Crippen molar-refractivity contribution in [3.63, 3.8) is 0 Å². The predicted molar refractivity (Wildman–Crippen MR) is 130 cm³/mol. The van der Waals surface area contributed by atoms with Crippen LogP contribution in [-0.2, 0) is 9.59 Å². The zero-order valence-electron chi connectivity index (χ0n) is 17.3. The van der Waals surface area contributed by atoms with Crippen molar-refractivity contribution in [1.82, 2.24) is 10.9 Å². The Labute approximate surface area is 202 Å². The van der Waals surface area contributed by atoms with Crippen molar-refractivity contribution in [2.75, 3.05) is 20.8 Å². The van der Waals surface area contributed by atoms with Gasteiger partial charge in [-0.05, 0) is 68.7 Å². The third-order valence-electron chi connectivity index (χ3n) is 4.40. The maximum atomic E-state index is 12.0. The van der Waals surface area contributed by atoms with Crippen LogP contribution in [0.1, 0.15) is 5.56 Å². The van der Waals surface area contributed by atoms with Crippen molar-refractivity contribution < 1.29 is 23.8 Å². The number of nitrogens with one attached hydrogen (secondary N) is 2. The quantitative estimate of drug-likeness (QED) is 0.323. The third-order valence-corrected chi connectivity index (χ3v) is 5.71. The second-order valence-electron chi connectivity index (χ2n) is 6.52. The van der Waals surface area contributed by atoms with Crippen molar-refractivity contribution in [3.05, 3.63) is 69.1 Å². The lowest BCUT2D eigenvalue weighted by Crippen LogP contribution is -2.43. The molecule has 0 saturated heterocycles. The minimum atomic E-state index is -0.499. The van der Waals surface area contributed by atoms with Crippen LogP contribution in [0.25, 0.3) is 16.8 Å². The number of hydrogen-bond acceptors (Lipinski definition) is 5. The normalized spacial score (nSPS) is 10.8. The van der Waals surface area contributed by atoms with Gasteiger partial charge in [-0.2, -0.15) is 0 Å². The van der Waals surface area contributed by atoms with Gasteiger partial charge < -0.3 is 14.2 Å². The smallest absolute Gasteiger partial charge is 0.276 e. The van der Waals surface area contributed by atoms with Crippen LogP contribution in [0.5, 0.6) is 17.2 Å². The molecule has 0 atom stereocenters. The molecule has 0 aliphatic heterocycles. The minimum absolute atomic E-state index is 0.264. The summed E-state index contributed by atoms with van der Waals surface area (Å²) in [5.41, 5.74) is 5.36. The summed E-state index contributed by atoms with van der Waals surface area (Å²) in [6.07, 6.45) is 2.88. The maximum Gasteiger partial charge on any atom is 0.276 e. The van der Waals surface area contributed by atoms with Gasteiger partial charge in [-0.1, -0.05) is 34.1 Å². The van der Waals surface area contributed by atoms with Crippen molar-refractivity contribution in [2.24, 2.45) is 0 Å². The summed E-state index contributed by atoms with van der Waals surface area (Å²) < 4.78 is 17.7. The van der Waals surface area contributed by atoms with E-state index < -0.39 is 11.8 Å². The van der Waals surface area contributed by atoms with E-state index in [-0.39, 0.29) is 6.61 Å². The van der Waals surface area contributed by atoms with E-state index in [2.05, 4.69) is 42.7 Å². The highest BCUT2D eigenvalue weighted by Gasteiger charge is 2.10. The van der Waals surface area contributed by atoms with Crippen molar-refractivity contribution >= 4 is 60.5 Å². The van der Waals surface area contributed by atoms with Crippen LogP contribution < -0.4 is 25.1 Å². The highest BCUT2D eigenvalue weighted by molar-refractivity contribution is 9.11. The van der Waals surface area contributed by atoms with Gasteiger partial charge in [-0.3, -0.25) is 20.4 Å². The fourth-order valence-corrected chi connectivity index (χ4v) is 3.82. The Morgan fingerprint density at radius 2 is 1.66 bits per heavy atom. The van der Waals surface area contributed by atoms with E-state index in [0.29, 0.717) is 17.2 Å². The Hall–Kier alpha value is -3.04. The van der Waals surface area contributed by atoms with Gasteiger partial charge in [0, 0.05) is 10.5 Å². The Bertz CT molecular complexity index is 1180. The van der Waals surface area contributed by atoms with Crippen LogP contribution in [0.4, 0.5) is 0 Å². The molecule has 9 heteroatoms. The van der Waals surface area contributed by atoms with Gasteiger partial charge in [0.25, 0.3) is 11.8 Å². The number of carbonyl (C=O) groups excluding carboxylic acids is 2. The number of benzene rings is 3. The molecule has 0 saturated carbocycles. The van der Waals surface area contributed by atoms with Gasteiger partial charge in [0.1, 0.15) is 5.75 Å². The molecule has 7 nitrogen and oxygen atoms in total. The van der Waals surface area contributed by atoms with Crippen molar-refractivity contribution in [2.45, 2.75) is 0 Å². The number of amides is 2. The summed E-state index contributed by atoms with van der Waals surface area (Å²) >= 11 is 6.95. The first-order chi connectivity index (χ1) is 15.4. The molecule has 0 aromatic heterocycles. The first kappa shape index (κ1) is 23.6. The molecule has 0 spiro atoms. The van der Waals surface area contributed by atoms with Crippen LogP contribution in [0, 0.1) is 0 Å². The van der Waals surface area contributed by atoms with E-state index in [1.54, 1.807) is 37.5 Å². The van der Waals surface area contributed by atoms with Crippen molar-refractivity contribution in [3.8, 4) is 17.2 Å². The SMILES string of the molecule is COc1ccc(/C=C/C(=O)NNC(=O)COc2ccc3cc(Br)ccc3c2Br)cc1OC. The molecule has 0 radical (unpaired) electrons. The summed E-state index contributed by atoms with van der Waals surface area (Å²) in [5, 5.41) is 1.98. The zero-order chi connectivity index (χ0) is 23.1. The average Bonchev–Trinajstić information content (AvgIpc) is 2.80. The third kappa shape index (κ3) is 6.02. The first-order valence-corrected chi connectivity index (χ1v) is 11.0. The first-order valence-electron chi connectivity index (χ1n) is 9.40. The zero-order valence-corrected chi connectivity index (χ0v) is 20.4. The molecule has 166 valence electrons. The van der Waals surface area contributed by atoms with E-state index in [1.807, 2.05) is 24.3 Å². The molecule has 0 fully saturated rings. The standard InChI is InChI=1S/C23H20Br2N2O5/c1-30-18-8-3-14(11-20(18)31-2)4-10-21(28)26-27-22(29)13-32-19-9-5-15-12-16(24)6-7-17(15)23(19)25/h3-12H,13H2,1-2H3,(H,26,28)(H,27,29)/b10-4+. The van der Waals surface area contributed by atoms with E-state index in [9.17, 15) is 9.59 Å². The Balaban J connectivity index is 1.51. The minimum Gasteiger partial charge on any atom is -0.493 e. The van der Waals surface area contributed by atoms with Gasteiger partial charge in [0.05, 0.1) is 18.7 Å².